The summed E-state index contributed by atoms with van der Waals surface area (Å²) in [5, 5.41) is 7.48. The number of aryl methyl sites for hydroxylation is 1. The van der Waals surface area contributed by atoms with Crippen molar-refractivity contribution in [3.8, 4) is 0 Å². The molecule has 2 heterocycles. The Kier molecular flexibility index (Phi) is 4.58. The maximum Gasteiger partial charge on any atom is 0.226 e. The predicted octanol–water partition coefficient (Wildman–Crippen LogP) is 2.09. The second kappa shape index (κ2) is 6.01. The van der Waals surface area contributed by atoms with E-state index in [2.05, 4.69) is 29.5 Å². The van der Waals surface area contributed by atoms with E-state index in [9.17, 15) is 4.79 Å². The molecule has 1 aliphatic heterocycles. The zero-order chi connectivity index (χ0) is 13.9. The van der Waals surface area contributed by atoms with E-state index in [1.54, 1.807) is 11.3 Å². The lowest BCUT2D eigenvalue weighted by Crippen LogP contribution is -2.47. The Bertz CT molecular complexity index is 436. The summed E-state index contributed by atoms with van der Waals surface area (Å²) in [5.41, 5.74) is -0.312. The van der Waals surface area contributed by atoms with Crippen LogP contribution in [0.2, 0.25) is 0 Å². The van der Waals surface area contributed by atoms with Crippen LogP contribution in [-0.2, 0) is 11.3 Å². The molecule has 5 heteroatoms. The summed E-state index contributed by atoms with van der Waals surface area (Å²) in [6.07, 6.45) is 4.14. The Hall–Kier alpha value is -0.940. The summed E-state index contributed by atoms with van der Waals surface area (Å²) in [6, 6.07) is 0. The van der Waals surface area contributed by atoms with Gasteiger partial charge in [0.25, 0.3) is 0 Å². The van der Waals surface area contributed by atoms with E-state index >= 15 is 0 Å². The maximum atomic E-state index is 12.4. The van der Waals surface area contributed by atoms with Crippen molar-refractivity contribution in [2.45, 2.75) is 40.2 Å². The van der Waals surface area contributed by atoms with Crippen LogP contribution in [0.5, 0.6) is 0 Å². The fourth-order valence-electron chi connectivity index (χ4n) is 2.54. The van der Waals surface area contributed by atoms with Gasteiger partial charge in [0.15, 0.2) is 0 Å². The molecule has 1 atom stereocenters. The lowest BCUT2D eigenvalue weighted by molar-refractivity contribution is -0.132. The minimum atomic E-state index is -0.312. The average molecular weight is 281 g/mol. The first-order chi connectivity index (χ1) is 9.00. The summed E-state index contributed by atoms with van der Waals surface area (Å²) >= 11 is 1.64. The van der Waals surface area contributed by atoms with E-state index in [4.69, 9.17) is 0 Å². The van der Waals surface area contributed by atoms with Crippen LogP contribution in [0, 0.1) is 18.3 Å². The lowest BCUT2D eigenvalue weighted by atomic mass is 9.74. The number of thiazole rings is 1. The average Bonchev–Trinajstić information content (AvgIpc) is 2.82. The molecule has 1 aromatic heterocycles. The van der Waals surface area contributed by atoms with Crippen LogP contribution < -0.4 is 10.6 Å². The van der Waals surface area contributed by atoms with Crippen molar-refractivity contribution in [1.82, 2.24) is 15.6 Å². The molecule has 0 aromatic carbocycles. The van der Waals surface area contributed by atoms with Crippen LogP contribution in [-0.4, -0.2) is 24.0 Å². The molecule has 1 saturated heterocycles. The Balaban J connectivity index is 1.90. The highest BCUT2D eigenvalue weighted by atomic mass is 32.1. The second-order valence-corrected chi connectivity index (χ2v) is 7.11. The van der Waals surface area contributed by atoms with E-state index in [-0.39, 0.29) is 11.3 Å². The Morgan fingerprint density at radius 1 is 1.63 bits per heavy atom. The predicted molar refractivity (Wildman–Crippen MR) is 78.1 cm³/mol. The molecule has 1 amide bonds. The number of hydrogen-bond donors (Lipinski definition) is 2. The number of nitrogens with zero attached hydrogens (tertiary/aromatic N) is 1. The highest BCUT2D eigenvalue weighted by molar-refractivity contribution is 7.11. The Labute approximate surface area is 119 Å². The van der Waals surface area contributed by atoms with Crippen molar-refractivity contribution in [3.63, 3.8) is 0 Å². The zero-order valence-corrected chi connectivity index (χ0v) is 12.8. The van der Waals surface area contributed by atoms with Gasteiger partial charge in [-0.25, -0.2) is 4.98 Å². The SMILES string of the molecule is Cc1ncc(CNC(=O)C(C)(C)C2CCCNC2)s1. The van der Waals surface area contributed by atoms with Crippen molar-refractivity contribution in [1.29, 1.82) is 0 Å². The molecule has 1 aromatic rings. The number of rotatable bonds is 4. The summed E-state index contributed by atoms with van der Waals surface area (Å²) in [5.74, 6) is 0.566. The fourth-order valence-corrected chi connectivity index (χ4v) is 3.27. The van der Waals surface area contributed by atoms with Crippen LogP contribution in [0.1, 0.15) is 36.6 Å². The maximum absolute atomic E-state index is 12.4. The third-order valence-electron chi connectivity index (χ3n) is 4.00. The number of amides is 1. The minimum absolute atomic E-state index is 0.146. The molecule has 0 spiro atoms. The number of hydrogen-bond acceptors (Lipinski definition) is 4. The number of aromatic nitrogens is 1. The second-order valence-electron chi connectivity index (χ2n) is 5.79. The summed E-state index contributed by atoms with van der Waals surface area (Å²) < 4.78 is 0. The standard InChI is InChI=1S/C14H23N3OS/c1-10-16-8-12(19-10)9-17-13(18)14(2,3)11-5-4-6-15-7-11/h8,11,15H,4-7,9H2,1-3H3,(H,17,18). The van der Waals surface area contributed by atoms with Gasteiger partial charge in [0, 0.05) is 16.5 Å². The molecule has 2 N–H and O–H groups in total. The molecule has 0 bridgehead atoms. The number of nitrogens with one attached hydrogen (secondary N) is 2. The van der Waals surface area contributed by atoms with E-state index < -0.39 is 0 Å². The zero-order valence-electron chi connectivity index (χ0n) is 12.0. The molecule has 1 fully saturated rings. The van der Waals surface area contributed by atoms with Gasteiger partial charge in [-0.05, 0) is 38.8 Å². The van der Waals surface area contributed by atoms with Crippen molar-refractivity contribution in [2.75, 3.05) is 13.1 Å². The van der Waals surface area contributed by atoms with Gasteiger partial charge in [0.2, 0.25) is 5.91 Å². The third kappa shape index (κ3) is 3.54. The van der Waals surface area contributed by atoms with Crippen LogP contribution >= 0.6 is 11.3 Å². The summed E-state index contributed by atoms with van der Waals surface area (Å²) in [7, 11) is 0. The number of piperidine rings is 1. The van der Waals surface area contributed by atoms with E-state index in [0.29, 0.717) is 12.5 Å². The number of carbonyl (C=O) groups is 1. The molecule has 4 nitrogen and oxygen atoms in total. The van der Waals surface area contributed by atoms with Gasteiger partial charge < -0.3 is 10.6 Å². The van der Waals surface area contributed by atoms with Gasteiger partial charge in [-0.3, -0.25) is 4.79 Å². The number of carbonyl (C=O) groups excluding carboxylic acids is 1. The summed E-state index contributed by atoms with van der Waals surface area (Å²) in [4.78, 5) is 17.7. The highest BCUT2D eigenvalue weighted by Crippen LogP contribution is 2.32. The normalized spacial score (nSPS) is 20.3. The van der Waals surface area contributed by atoms with Gasteiger partial charge in [0.1, 0.15) is 0 Å². The van der Waals surface area contributed by atoms with Crippen LogP contribution in [0.25, 0.3) is 0 Å². The molecule has 1 unspecified atom stereocenters. The molecular formula is C14H23N3OS. The van der Waals surface area contributed by atoms with E-state index in [1.165, 1.54) is 0 Å². The van der Waals surface area contributed by atoms with Crippen molar-refractivity contribution < 1.29 is 4.79 Å². The molecule has 1 aliphatic rings. The Morgan fingerprint density at radius 3 is 3.00 bits per heavy atom. The van der Waals surface area contributed by atoms with Crippen LogP contribution in [0.15, 0.2) is 6.20 Å². The topological polar surface area (TPSA) is 54.0 Å². The third-order valence-corrected chi connectivity index (χ3v) is 4.91. The largest absolute Gasteiger partial charge is 0.351 e. The molecule has 2 rings (SSSR count). The van der Waals surface area contributed by atoms with Gasteiger partial charge in [0.05, 0.1) is 11.6 Å². The Morgan fingerprint density at radius 2 is 2.42 bits per heavy atom. The van der Waals surface area contributed by atoms with Gasteiger partial charge in [-0.2, -0.15) is 0 Å². The molecule has 0 radical (unpaired) electrons. The van der Waals surface area contributed by atoms with Crippen molar-refractivity contribution >= 4 is 17.2 Å². The van der Waals surface area contributed by atoms with Crippen molar-refractivity contribution in [3.05, 3.63) is 16.1 Å². The molecule has 0 saturated carbocycles. The minimum Gasteiger partial charge on any atom is -0.351 e. The molecule has 106 valence electrons. The van der Waals surface area contributed by atoms with Crippen LogP contribution in [0.4, 0.5) is 0 Å². The summed E-state index contributed by atoms with van der Waals surface area (Å²) in [6.45, 7) is 8.70. The first-order valence-corrected chi connectivity index (χ1v) is 7.72. The first kappa shape index (κ1) is 14.5. The van der Waals surface area contributed by atoms with E-state index in [1.807, 2.05) is 13.1 Å². The molecule has 0 aliphatic carbocycles. The fraction of sp³-hybridized carbons (Fsp3) is 0.714. The van der Waals surface area contributed by atoms with Gasteiger partial charge in [-0.1, -0.05) is 13.8 Å². The van der Waals surface area contributed by atoms with Crippen molar-refractivity contribution in [2.24, 2.45) is 11.3 Å². The van der Waals surface area contributed by atoms with Gasteiger partial charge in [-0.15, -0.1) is 11.3 Å². The molecule has 19 heavy (non-hydrogen) atoms. The monoisotopic (exact) mass is 281 g/mol. The smallest absolute Gasteiger partial charge is 0.226 e. The molecular weight excluding hydrogens is 258 g/mol. The lowest BCUT2D eigenvalue weighted by Gasteiger charge is -2.36. The first-order valence-electron chi connectivity index (χ1n) is 6.90. The van der Waals surface area contributed by atoms with Gasteiger partial charge >= 0.3 is 0 Å². The quantitative estimate of drug-likeness (QED) is 0.888. The highest BCUT2D eigenvalue weighted by Gasteiger charge is 2.37. The van der Waals surface area contributed by atoms with E-state index in [0.717, 1.165) is 35.8 Å². The van der Waals surface area contributed by atoms with Crippen LogP contribution in [0.3, 0.4) is 0 Å².